The highest BCUT2D eigenvalue weighted by atomic mass is 32.2. The van der Waals surface area contributed by atoms with Crippen LogP contribution < -0.4 is 9.62 Å². The monoisotopic (exact) mass is 360 g/mol. The van der Waals surface area contributed by atoms with E-state index in [0.717, 1.165) is 5.56 Å². The standard InChI is InChI=1S/C18H20N2O4S/c1-12(11-24-3)19-18(21)13-8-9-16-15(10-13)14-6-4-5-7-17(14)25(22,23)20(16)2/h4-10,12H,11H2,1-3H3,(H,19,21)/t12-/m1/s1. The molecule has 0 spiro atoms. The lowest BCUT2D eigenvalue weighted by atomic mass is 10.00. The quantitative estimate of drug-likeness (QED) is 0.907. The molecule has 0 unspecified atom stereocenters. The Labute approximate surface area is 147 Å². The molecule has 0 saturated carbocycles. The summed E-state index contributed by atoms with van der Waals surface area (Å²) in [6.07, 6.45) is 0. The molecular weight excluding hydrogens is 340 g/mol. The minimum Gasteiger partial charge on any atom is -0.383 e. The molecule has 25 heavy (non-hydrogen) atoms. The van der Waals surface area contributed by atoms with Gasteiger partial charge in [-0.25, -0.2) is 8.42 Å². The van der Waals surface area contributed by atoms with Crippen LogP contribution in [0.25, 0.3) is 11.1 Å². The molecule has 1 aliphatic rings. The van der Waals surface area contributed by atoms with Gasteiger partial charge in [-0.05, 0) is 31.2 Å². The van der Waals surface area contributed by atoms with Crippen molar-refractivity contribution in [1.82, 2.24) is 5.32 Å². The van der Waals surface area contributed by atoms with Gasteiger partial charge in [0.25, 0.3) is 15.9 Å². The van der Waals surface area contributed by atoms with Crippen LogP contribution in [0.1, 0.15) is 17.3 Å². The fourth-order valence-electron chi connectivity index (χ4n) is 2.96. The summed E-state index contributed by atoms with van der Waals surface area (Å²) < 4.78 is 31.5. The molecule has 0 radical (unpaired) electrons. The van der Waals surface area contributed by atoms with Gasteiger partial charge in [0.15, 0.2) is 0 Å². The number of hydrogen-bond acceptors (Lipinski definition) is 4. The highest BCUT2D eigenvalue weighted by Crippen LogP contribution is 2.42. The number of hydrogen-bond donors (Lipinski definition) is 1. The van der Waals surface area contributed by atoms with E-state index in [1.807, 2.05) is 6.92 Å². The predicted octanol–water partition coefficient (Wildman–Crippen LogP) is 2.26. The maximum absolute atomic E-state index is 12.6. The Morgan fingerprint density at radius 3 is 2.64 bits per heavy atom. The van der Waals surface area contributed by atoms with Gasteiger partial charge in [-0.15, -0.1) is 0 Å². The summed E-state index contributed by atoms with van der Waals surface area (Å²) in [6, 6.07) is 11.7. The van der Waals surface area contributed by atoms with Crippen LogP contribution in [0.15, 0.2) is 47.4 Å². The number of nitrogens with one attached hydrogen (secondary N) is 1. The third-order valence-corrected chi connectivity index (χ3v) is 6.04. The van der Waals surface area contributed by atoms with E-state index >= 15 is 0 Å². The Morgan fingerprint density at radius 1 is 1.20 bits per heavy atom. The Bertz CT molecular complexity index is 924. The SMILES string of the molecule is COC[C@@H](C)NC(=O)c1ccc2c(c1)-c1ccccc1S(=O)(=O)N2C. The van der Waals surface area contributed by atoms with E-state index in [9.17, 15) is 13.2 Å². The first-order chi connectivity index (χ1) is 11.9. The minimum atomic E-state index is -3.58. The van der Waals surface area contributed by atoms with Crippen molar-refractivity contribution in [1.29, 1.82) is 0 Å². The number of methoxy groups -OCH3 is 1. The van der Waals surface area contributed by atoms with Crippen LogP contribution >= 0.6 is 0 Å². The maximum Gasteiger partial charge on any atom is 0.264 e. The number of benzene rings is 2. The second kappa shape index (κ2) is 6.50. The number of nitrogens with zero attached hydrogens (tertiary/aromatic N) is 1. The molecule has 132 valence electrons. The van der Waals surface area contributed by atoms with Crippen molar-refractivity contribution in [2.75, 3.05) is 25.1 Å². The van der Waals surface area contributed by atoms with E-state index in [0.29, 0.717) is 23.4 Å². The third-order valence-electron chi connectivity index (χ3n) is 4.21. The summed E-state index contributed by atoms with van der Waals surface area (Å²) in [6.45, 7) is 2.27. The summed E-state index contributed by atoms with van der Waals surface area (Å²) in [5, 5.41) is 2.86. The summed E-state index contributed by atoms with van der Waals surface area (Å²) in [7, 11) is -0.481. The van der Waals surface area contributed by atoms with E-state index < -0.39 is 10.0 Å². The summed E-state index contributed by atoms with van der Waals surface area (Å²) >= 11 is 0. The molecule has 7 heteroatoms. The lowest BCUT2D eigenvalue weighted by Crippen LogP contribution is -2.36. The van der Waals surface area contributed by atoms with E-state index in [1.165, 1.54) is 11.4 Å². The molecule has 6 nitrogen and oxygen atoms in total. The van der Waals surface area contributed by atoms with Gasteiger partial charge in [0.1, 0.15) is 0 Å². The van der Waals surface area contributed by atoms with Gasteiger partial charge in [-0.1, -0.05) is 18.2 Å². The highest BCUT2D eigenvalue weighted by Gasteiger charge is 2.32. The largest absolute Gasteiger partial charge is 0.383 e. The molecule has 1 atom stereocenters. The van der Waals surface area contributed by atoms with Crippen molar-refractivity contribution in [3.8, 4) is 11.1 Å². The first kappa shape index (κ1) is 17.4. The van der Waals surface area contributed by atoms with E-state index in [2.05, 4.69) is 5.32 Å². The van der Waals surface area contributed by atoms with E-state index in [4.69, 9.17) is 4.74 Å². The average molecular weight is 360 g/mol. The number of anilines is 1. The van der Waals surface area contributed by atoms with Crippen molar-refractivity contribution in [3.05, 3.63) is 48.0 Å². The number of amides is 1. The molecule has 2 aromatic carbocycles. The smallest absolute Gasteiger partial charge is 0.264 e. The van der Waals surface area contributed by atoms with E-state index in [1.54, 1.807) is 49.6 Å². The summed E-state index contributed by atoms with van der Waals surface area (Å²) in [4.78, 5) is 12.7. The van der Waals surface area contributed by atoms with Crippen molar-refractivity contribution in [2.24, 2.45) is 0 Å². The normalized spacial score (nSPS) is 15.9. The molecule has 1 heterocycles. The van der Waals surface area contributed by atoms with Crippen molar-refractivity contribution < 1.29 is 17.9 Å². The van der Waals surface area contributed by atoms with E-state index in [-0.39, 0.29) is 16.8 Å². The molecule has 0 aliphatic carbocycles. The van der Waals surface area contributed by atoms with Crippen molar-refractivity contribution >= 4 is 21.6 Å². The van der Waals surface area contributed by atoms with Crippen LogP contribution in [0, 0.1) is 0 Å². The van der Waals surface area contributed by atoms with Crippen LogP contribution in [0.4, 0.5) is 5.69 Å². The molecule has 2 aromatic rings. The number of ether oxygens (including phenoxy) is 1. The minimum absolute atomic E-state index is 0.121. The second-order valence-corrected chi connectivity index (χ2v) is 7.97. The molecular formula is C18H20N2O4S. The molecule has 3 rings (SSSR count). The van der Waals surface area contributed by atoms with Crippen LogP contribution in [0.5, 0.6) is 0 Å². The molecule has 1 N–H and O–H groups in total. The zero-order chi connectivity index (χ0) is 18.2. The van der Waals surface area contributed by atoms with Gasteiger partial charge in [-0.3, -0.25) is 9.10 Å². The zero-order valence-electron chi connectivity index (χ0n) is 14.3. The number of rotatable bonds is 4. The fraction of sp³-hybridized carbons (Fsp3) is 0.278. The first-order valence-electron chi connectivity index (χ1n) is 7.88. The number of carbonyl (C=O) groups is 1. The molecule has 1 amide bonds. The number of carbonyl (C=O) groups excluding carboxylic acids is 1. The Balaban J connectivity index is 2.05. The average Bonchev–Trinajstić information content (AvgIpc) is 2.59. The van der Waals surface area contributed by atoms with Gasteiger partial charge in [-0.2, -0.15) is 0 Å². The van der Waals surface area contributed by atoms with Crippen LogP contribution in [-0.4, -0.2) is 41.1 Å². The van der Waals surface area contributed by atoms with Gasteiger partial charge < -0.3 is 10.1 Å². The first-order valence-corrected chi connectivity index (χ1v) is 9.32. The summed E-state index contributed by atoms with van der Waals surface area (Å²) in [5.74, 6) is -0.221. The molecule has 0 aromatic heterocycles. The predicted molar refractivity (Wildman–Crippen MR) is 96.3 cm³/mol. The second-order valence-electron chi connectivity index (χ2n) is 6.03. The maximum atomic E-state index is 12.6. The van der Waals surface area contributed by atoms with Gasteiger partial charge in [0, 0.05) is 36.9 Å². The topological polar surface area (TPSA) is 75.7 Å². The Morgan fingerprint density at radius 2 is 1.92 bits per heavy atom. The Hall–Kier alpha value is -2.38. The molecule has 0 saturated heterocycles. The van der Waals surface area contributed by atoms with Crippen LogP contribution in [-0.2, 0) is 14.8 Å². The number of fused-ring (bicyclic) bond motifs is 3. The number of sulfonamides is 1. The van der Waals surface area contributed by atoms with Gasteiger partial charge in [0.05, 0.1) is 17.2 Å². The van der Waals surface area contributed by atoms with Crippen molar-refractivity contribution in [3.63, 3.8) is 0 Å². The molecule has 0 bridgehead atoms. The summed E-state index contributed by atoms with van der Waals surface area (Å²) in [5.41, 5.74) is 2.36. The molecule has 0 fully saturated rings. The third kappa shape index (κ3) is 3.01. The fourth-order valence-corrected chi connectivity index (χ4v) is 4.38. The van der Waals surface area contributed by atoms with Gasteiger partial charge in [0.2, 0.25) is 0 Å². The van der Waals surface area contributed by atoms with Gasteiger partial charge >= 0.3 is 0 Å². The van der Waals surface area contributed by atoms with Crippen LogP contribution in [0.3, 0.4) is 0 Å². The highest BCUT2D eigenvalue weighted by molar-refractivity contribution is 7.93. The lowest BCUT2D eigenvalue weighted by molar-refractivity contribution is 0.0905. The molecule has 1 aliphatic heterocycles. The lowest BCUT2D eigenvalue weighted by Gasteiger charge is -2.29. The Kier molecular flexibility index (Phi) is 4.53. The van der Waals surface area contributed by atoms with Crippen LogP contribution in [0.2, 0.25) is 0 Å². The zero-order valence-corrected chi connectivity index (χ0v) is 15.1. The van der Waals surface area contributed by atoms with Crippen molar-refractivity contribution in [2.45, 2.75) is 17.9 Å².